The van der Waals surface area contributed by atoms with Crippen molar-refractivity contribution in [2.24, 2.45) is 5.92 Å². The zero-order valence-electron chi connectivity index (χ0n) is 15.9. The summed E-state index contributed by atoms with van der Waals surface area (Å²) in [5, 5.41) is 16.3. The zero-order chi connectivity index (χ0) is 21.0. The summed E-state index contributed by atoms with van der Waals surface area (Å²) >= 11 is 0. The third-order valence-corrected chi connectivity index (χ3v) is 4.98. The Balaban J connectivity index is 1.68. The van der Waals surface area contributed by atoms with Crippen molar-refractivity contribution in [3.63, 3.8) is 0 Å². The molecule has 0 unspecified atom stereocenters. The van der Waals surface area contributed by atoms with E-state index in [1.165, 1.54) is 43.4 Å². The number of carbonyl (C=O) groups is 2. The summed E-state index contributed by atoms with van der Waals surface area (Å²) in [7, 11) is 1.47. The van der Waals surface area contributed by atoms with Gasteiger partial charge in [-0.1, -0.05) is 0 Å². The molecule has 1 fully saturated rings. The van der Waals surface area contributed by atoms with Gasteiger partial charge in [0.15, 0.2) is 0 Å². The van der Waals surface area contributed by atoms with Crippen molar-refractivity contribution in [1.82, 2.24) is 5.32 Å². The molecule has 2 aromatic carbocycles. The van der Waals surface area contributed by atoms with Crippen LogP contribution in [0.3, 0.4) is 0 Å². The zero-order valence-corrected chi connectivity index (χ0v) is 15.9. The molecule has 0 aromatic heterocycles. The van der Waals surface area contributed by atoms with Crippen LogP contribution in [0, 0.1) is 21.8 Å². The van der Waals surface area contributed by atoms with Crippen LogP contribution >= 0.6 is 0 Å². The van der Waals surface area contributed by atoms with Gasteiger partial charge in [0.05, 0.1) is 16.2 Å². The van der Waals surface area contributed by atoms with Crippen molar-refractivity contribution in [3.8, 4) is 0 Å². The Labute approximate surface area is 166 Å². The Kier molecular flexibility index (Phi) is 6.06. The predicted molar refractivity (Wildman–Crippen MR) is 106 cm³/mol. The second kappa shape index (κ2) is 8.68. The van der Waals surface area contributed by atoms with Crippen molar-refractivity contribution < 1.29 is 18.9 Å². The minimum atomic E-state index is -0.539. The van der Waals surface area contributed by atoms with Crippen LogP contribution in [0.2, 0.25) is 0 Å². The van der Waals surface area contributed by atoms with Crippen LogP contribution in [0.25, 0.3) is 0 Å². The Hall–Kier alpha value is -3.49. The molecule has 1 saturated heterocycles. The molecule has 152 valence electrons. The number of nitrogens with one attached hydrogen (secondary N) is 2. The first-order valence-corrected chi connectivity index (χ1v) is 9.21. The lowest BCUT2D eigenvalue weighted by molar-refractivity contribution is -0.384. The first kappa shape index (κ1) is 20.2. The molecule has 2 aromatic rings. The van der Waals surface area contributed by atoms with Crippen LogP contribution in [0.15, 0.2) is 42.5 Å². The molecule has 3 rings (SSSR count). The highest BCUT2D eigenvalue weighted by molar-refractivity contribution is 6.00. The predicted octanol–water partition coefficient (Wildman–Crippen LogP) is 2.95. The van der Waals surface area contributed by atoms with Gasteiger partial charge in [0.1, 0.15) is 5.82 Å². The third kappa shape index (κ3) is 4.68. The lowest BCUT2D eigenvalue weighted by atomic mass is 9.94. The summed E-state index contributed by atoms with van der Waals surface area (Å²) in [5.74, 6) is -1.12. The monoisotopic (exact) mass is 400 g/mol. The van der Waals surface area contributed by atoms with Gasteiger partial charge < -0.3 is 15.5 Å². The Morgan fingerprint density at radius 2 is 1.79 bits per heavy atom. The van der Waals surface area contributed by atoms with Gasteiger partial charge in [-0.3, -0.25) is 19.7 Å². The summed E-state index contributed by atoms with van der Waals surface area (Å²) in [6.45, 7) is 1.06. The lowest BCUT2D eigenvalue weighted by Crippen LogP contribution is -2.39. The van der Waals surface area contributed by atoms with Gasteiger partial charge in [0, 0.05) is 43.9 Å². The number of benzene rings is 2. The number of anilines is 2. The first-order valence-electron chi connectivity index (χ1n) is 9.21. The highest BCUT2D eigenvalue weighted by atomic mass is 19.1. The van der Waals surface area contributed by atoms with Crippen molar-refractivity contribution in [2.45, 2.75) is 12.8 Å². The SMILES string of the molecule is CNC(=O)c1cc([N+](=O)[O-])ccc1N1CCC(C(=O)Nc2ccc(F)cc2)CC1. The van der Waals surface area contributed by atoms with E-state index in [0.717, 1.165) is 0 Å². The molecule has 1 aliphatic rings. The Morgan fingerprint density at radius 3 is 2.38 bits per heavy atom. The number of non-ortho nitro benzene ring substituents is 1. The number of hydrogen-bond donors (Lipinski definition) is 2. The van der Waals surface area contributed by atoms with Gasteiger partial charge in [-0.25, -0.2) is 4.39 Å². The molecule has 0 atom stereocenters. The second-order valence-corrected chi connectivity index (χ2v) is 6.80. The maximum absolute atomic E-state index is 13.0. The van der Waals surface area contributed by atoms with Gasteiger partial charge in [-0.05, 0) is 43.2 Å². The van der Waals surface area contributed by atoms with Crippen molar-refractivity contribution in [1.29, 1.82) is 0 Å². The fourth-order valence-corrected chi connectivity index (χ4v) is 3.39. The molecule has 1 heterocycles. The highest BCUT2D eigenvalue weighted by Crippen LogP contribution is 2.30. The number of piperidine rings is 1. The Morgan fingerprint density at radius 1 is 1.14 bits per heavy atom. The number of hydrogen-bond acceptors (Lipinski definition) is 5. The molecular weight excluding hydrogens is 379 g/mol. The number of nitrogens with zero attached hydrogens (tertiary/aromatic N) is 2. The van der Waals surface area contributed by atoms with Crippen LogP contribution in [0.5, 0.6) is 0 Å². The van der Waals surface area contributed by atoms with E-state index >= 15 is 0 Å². The number of halogens is 1. The van der Waals surface area contributed by atoms with Gasteiger partial charge in [0.25, 0.3) is 11.6 Å². The molecule has 0 aliphatic carbocycles. The van der Waals surface area contributed by atoms with Crippen LogP contribution < -0.4 is 15.5 Å². The summed E-state index contributed by atoms with van der Waals surface area (Å²) in [5.41, 5.74) is 1.22. The van der Waals surface area contributed by atoms with Crippen molar-refractivity contribution in [3.05, 3.63) is 64.0 Å². The summed E-state index contributed by atoms with van der Waals surface area (Å²) in [4.78, 5) is 37.1. The third-order valence-electron chi connectivity index (χ3n) is 4.98. The van der Waals surface area contributed by atoms with Gasteiger partial charge in [-0.2, -0.15) is 0 Å². The first-order chi connectivity index (χ1) is 13.9. The quantitative estimate of drug-likeness (QED) is 0.593. The Bertz CT molecular complexity index is 925. The smallest absolute Gasteiger partial charge is 0.270 e. The second-order valence-electron chi connectivity index (χ2n) is 6.80. The van der Waals surface area contributed by atoms with Gasteiger partial charge >= 0.3 is 0 Å². The number of nitro groups is 1. The maximum atomic E-state index is 13.0. The van der Waals surface area contributed by atoms with E-state index < -0.39 is 10.8 Å². The van der Waals surface area contributed by atoms with E-state index in [9.17, 15) is 24.1 Å². The molecular formula is C20H21FN4O4. The molecule has 0 saturated carbocycles. The average Bonchev–Trinajstić information content (AvgIpc) is 2.74. The molecule has 8 nitrogen and oxygen atoms in total. The van der Waals surface area contributed by atoms with Gasteiger partial charge in [0.2, 0.25) is 5.91 Å². The lowest BCUT2D eigenvalue weighted by Gasteiger charge is -2.34. The molecule has 29 heavy (non-hydrogen) atoms. The summed E-state index contributed by atoms with van der Waals surface area (Å²) < 4.78 is 13.0. The van der Waals surface area contributed by atoms with E-state index in [1.54, 1.807) is 6.07 Å². The summed E-state index contributed by atoms with van der Waals surface area (Å²) in [6, 6.07) is 9.79. The molecule has 0 spiro atoms. The normalized spacial score (nSPS) is 14.3. The van der Waals surface area contributed by atoms with E-state index in [2.05, 4.69) is 10.6 Å². The largest absolute Gasteiger partial charge is 0.371 e. The van der Waals surface area contributed by atoms with Crippen LogP contribution in [-0.2, 0) is 4.79 Å². The van der Waals surface area contributed by atoms with E-state index in [0.29, 0.717) is 37.3 Å². The molecule has 2 amide bonds. The van der Waals surface area contributed by atoms with Crippen molar-refractivity contribution >= 4 is 28.9 Å². The molecule has 9 heteroatoms. The number of amides is 2. The van der Waals surface area contributed by atoms with Crippen LogP contribution in [0.4, 0.5) is 21.5 Å². The van der Waals surface area contributed by atoms with E-state index in [-0.39, 0.29) is 28.9 Å². The minimum Gasteiger partial charge on any atom is -0.371 e. The highest BCUT2D eigenvalue weighted by Gasteiger charge is 2.28. The van der Waals surface area contributed by atoms with Crippen LogP contribution in [0.1, 0.15) is 23.2 Å². The molecule has 0 radical (unpaired) electrons. The van der Waals surface area contributed by atoms with Crippen molar-refractivity contribution in [2.75, 3.05) is 30.4 Å². The number of nitro benzene ring substituents is 1. The van der Waals surface area contributed by atoms with E-state index in [1.807, 2.05) is 4.90 Å². The van der Waals surface area contributed by atoms with Crippen LogP contribution in [-0.4, -0.2) is 36.9 Å². The van der Waals surface area contributed by atoms with E-state index in [4.69, 9.17) is 0 Å². The van der Waals surface area contributed by atoms with Gasteiger partial charge in [-0.15, -0.1) is 0 Å². The number of carbonyl (C=O) groups excluding carboxylic acids is 2. The molecule has 2 N–H and O–H groups in total. The fraction of sp³-hybridized carbons (Fsp3) is 0.300. The maximum Gasteiger partial charge on any atom is 0.270 e. The molecule has 0 bridgehead atoms. The standard InChI is InChI=1S/C20H21FN4O4/c1-22-20(27)17-12-16(25(28)29)6-7-18(17)24-10-8-13(9-11-24)19(26)23-15-4-2-14(21)3-5-15/h2-7,12-13H,8-11H2,1H3,(H,22,27)(H,23,26). The minimum absolute atomic E-state index is 0.133. The topological polar surface area (TPSA) is 105 Å². The molecule has 1 aliphatic heterocycles. The fourth-order valence-electron chi connectivity index (χ4n) is 3.39. The number of rotatable bonds is 5. The average molecular weight is 400 g/mol. The summed E-state index contributed by atoms with van der Waals surface area (Å²) in [6.07, 6.45) is 1.13.